The summed E-state index contributed by atoms with van der Waals surface area (Å²) < 4.78 is 0. The van der Waals surface area contributed by atoms with Gasteiger partial charge < -0.3 is 10.6 Å². The van der Waals surface area contributed by atoms with E-state index in [1.165, 1.54) is 0 Å². The van der Waals surface area contributed by atoms with Crippen LogP contribution >= 0.6 is 0 Å². The van der Waals surface area contributed by atoms with E-state index in [-0.39, 0.29) is 17.5 Å². The molecule has 2 atom stereocenters. The normalized spacial score (nSPS) is 31.7. The fourth-order valence-electron chi connectivity index (χ4n) is 3.43. The highest BCUT2D eigenvalue weighted by atomic mass is 16.2. The van der Waals surface area contributed by atoms with Crippen LogP contribution in [0.25, 0.3) is 0 Å². The highest BCUT2D eigenvalue weighted by molar-refractivity contribution is 5.82. The summed E-state index contributed by atoms with van der Waals surface area (Å²) in [5.74, 6) is 0.339. The lowest BCUT2D eigenvalue weighted by molar-refractivity contribution is -0.139. The first-order valence-corrected chi connectivity index (χ1v) is 7.74. The molecule has 4 heteroatoms. The fraction of sp³-hybridized carbons (Fsp3) is 0.933. The van der Waals surface area contributed by atoms with E-state index in [0.717, 1.165) is 51.9 Å². The minimum absolute atomic E-state index is 0.0438. The first kappa shape index (κ1) is 14.8. The van der Waals surface area contributed by atoms with Gasteiger partial charge >= 0.3 is 0 Å². The molecule has 0 radical (unpaired) electrons. The van der Waals surface area contributed by atoms with Crippen LogP contribution in [-0.4, -0.2) is 54.0 Å². The SMILES string of the molecule is CCCN1CCCC1C(=O)N1CCC(N)C(C)(C)C1. The number of piperidine rings is 1. The van der Waals surface area contributed by atoms with Gasteiger partial charge in [0, 0.05) is 19.1 Å². The molecule has 0 aromatic heterocycles. The molecule has 2 unspecified atom stereocenters. The molecule has 2 heterocycles. The number of amides is 1. The monoisotopic (exact) mass is 267 g/mol. The number of carbonyl (C=O) groups excluding carboxylic acids is 1. The number of nitrogens with two attached hydrogens (primary N) is 1. The third kappa shape index (κ3) is 3.11. The lowest BCUT2D eigenvalue weighted by Gasteiger charge is -2.44. The maximum Gasteiger partial charge on any atom is 0.239 e. The van der Waals surface area contributed by atoms with Gasteiger partial charge in [-0.25, -0.2) is 0 Å². The van der Waals surface area contributed by atoms with Crippen molar-refractivity contribution in [3.63, 3.8) is 0 Å². The average molecular weight is 267 g/mol. The summed E-state index contributed by atoms with van der Waals surface area (Å²) in [6.07, 6.45) is 4.24. The number of likely N-dealkylation sites (tertiary alicyclic amines) is 2. The van der Waals surface area contributed by atoms with Crippen LogP contribution in [0.15, 0.2) is 0 Å². The molecular formula is C15H29N3O. The number of hydrogen-bond acceptors (Lipinski definition) is 3. The zero-order valence-corrected chi connectivity index (χ0v) is 12.7. The van der Waals surface area contributed by atoms with Gasteiger partial charge in [0.1, 0.15) is 0 Å². The summed E-state index contributed by atoms with van der Waals surface area (Å²) in [7, 11) is 0. The molecule has 0 aliphatic carbocycles. The molecule has 0 spiro atoms. The Kier molecular flexibility index (Phi) is 4.51. The van der Waals surface area contributed by atoms with Crippen molar-refractivity contribution in [2.24, 2.45) is 11.1 Å². The molecule has 2 aliphatic rings. The molecule has 0 aromatic carbocycles. The van der Waals surface area contributed by atoms with Crippen LogP contribution in [0.5, 0.6) is 0 Å². The molecule has 0 saturated carbocycles. The van der Waals surface area contributed by atoms with Crippen molar-refractivity contribution >= 4 is 5.91 Å². The van der Waals surface area contributed by atoms with E-state index in [1.54, 1.807) is 0 Å². The highest BCUT2D eigenvalue weighted by Gasteiger charge is 2.39. The third-order valence-corrected chi connectivity index (χ3v) is 4.78. The van der Waals surface area contributed by atoms with Gasteiger partial charge in [0.05, 0.1) is 6.04 Å². The Morgan fingerprint density at radius 2 is 2.05 bits per heavy atom. The summed E-state index contributed by atoms with van der Waals surface area (Å²) in [5, 5.41) is 0. The van der Waals surface area contributed by atoms with E-state index in [9.17, 15) is 4.79 Å². The van der Waals surface area contributed by atoms with E-state index >= 15 is 0 Å². The Morgan fingerprint density at radius 1 is 1.32 bits per heavy atom. The Balaban J connectivity index is 2.00. The topological polar surface area (TPSA) is 49.6 Å². The minimum atomic E-state index is 0.0438. The van der Waals surface area contributed by atoms with Crippen LogP contribution in [0.4, 0.5) is 0 Å². The number of hydrogen-bond donors (Lipinski definition) is 1. The van der Waals surface area contributed by atoms with Crippen LogP contribution in [0.3, 0.4) is 0 Å². The fourth-order valence-corrected chi connectivity index (χ4v) is 3.43. The average Bonchev–Trinajstić information content (AvgIpc) is 2.80. The molecular weight excluding hydrogens is 238 g/mol. The molecule has 0 bridgehead atoms. The van der Waals surface area contributed by atoms with Crippen molar-refractivity contribution in [2.45, 2.75) is 58.5 Å². The zero-order valence-electron chi connectivity index (χ0n) is 12.7. The molecule has 2 fully saturated rings. The number of carbonyl (C=O) groups is 1. The Labute approximate surface area is 117 Å². The van der Waals surface area contributed by atoms with Gasteiger partial charge in [-0.2, -0.15) is 0 Å². The van der Waals surface area contributed by atoms with Gasteiger partial charge in [0.2, 0.25) is 5.91 Å². The quantitative estimate of drug-likeness (QED) is 0.842. The Morgan fingerprint density at radius 3 is 2.68 bits per heavy atom. The molecule has 2 rings (SSSR count). The van der Waals surface area contributed by atoms with Crippen molar-refractivity contribution < 1.29 is 4.79 Å². The van der Waals surface area contributed by atoms with E-state index in [1.807, 2.05) is 0 Å². The van der Waals surface area contributed by atoms with Crippen LogP contribution in [0, 0.1) is 5.41 Å². The zero-order chi connectivity index (χ0) is 14.0. The molecule has 4 nitrogen and oxygen atoms in total. The van der Waals surface area contributed by atoms with E-state index in [4.69, 9.17) is 5.73 Å². The summed E-state index contributed by atoms with van der Waals surface area (Å²) in [5.41, 5.74) is 6.20. The maximum absolute atomic E-state index is 12.7. The highest BCUT2D eigenvalue weighted by Crippen LogP contribution is 2.29. The van der Waals surface area contributed by atoms with Crippen molar-refractivity contribution in [2.75, 3.05) is 26.2 Å². The predicted octanol–water partition coefficient (Wildman–Crippen LogP) is 1.45. The van der Waals surface area contributed by atoms with Crippen LogP contribution in [-0.2, 0) is 4.79 Å². The van der Waals surface area contributed by atoms with E-state index < -0.39 is 0 Å². The van der Waals surface area contributed by atoms with Crippen LogP contribution in [0.2, 0.25) is 0 Å². The Bertz CT molecular complexity index is 329. The summed E-state index contributed by atoms with van der Waals surface area (Å²) in [4.78, 5) is 17.1. The second-order valence-electron chi connectivity index (χ2n) is 6.84. The second-order valence-corrected chi connectivity index (χ2v) is 6.84. The predicted molar refractivity (Wildman–Crippen MR) is 77.8 cm³/mol. The number of rotatable bonds is 3. The van der Waals surface area contributed by atoms with Crippen molar-refractivity contribution in [3.05, 3.63) is 0 Å². The maximum atomic E-state index is 12.7. The lowest BCUT2D eigenvalue weighted by atomic mass is 9.79. The smallest absolute Gasteiger partial charge is 0.239 e. The summed E-state index contributed by atoms with van der Waals surface area (Å²) >= 11 is 0. The molecule has 19 heavy (non-hydrogen) atoms. The molecule has 2 saturated heterocycles. The largest absolute Gasteiger partial charge is 0.341 e. The van der Waals surface area contributed by atoms with Gasteiger partial charge in [-0.15, -0.1) is 0 Å². The second kappa shape index (κ2) is 5.80. The molecule has 0 aromatic rings. The first-order chi connectivity index (χ1) is 8.95. The summed E-state index contributed by atoms with van der Waals surface area (Å²) in [6.45, 7) is 10.3. The van der Waals surface area contributed by atoms with Crippen molar-refractivity contribution in [1.82, 2.24) is 9.80 Å². The molecule has 2 aliphatic heterocycles. The van der Waals surface area contributed by atoms with Gasteiger partial charge in [0.15, 0.2) is 0 Å². The molecule has 2 N–H and O–H groups in total. The molecule has 1 amide bonds. The van der Waals surface area contributed by atoms with E-state index in [0.29, 0.717) is 5.91 Å². The number of nitrogens with zero attached hydrogens (tertiary/aromatic N) is 2. The van der Waals surface area contributed by atoms with Gasteiger partial charge in [-0.3, -0.25) is 9.69 Å². The molecule has 110 valence electrons. The first-order valence-electron chi connectivity index (χ1n) is 7.74. The third-order valence-electron chi connectivity index (χ3n) is 4.78. The van der Waals surface area contributed by atoms with Crippen LogP contribution < -0.4 is 5.73 Å². The standard InChI is InChI=1S/C15H29N3O/c1-4-8-17-9-5-6-12(17)14(19)18-10-7-13(16)15(2,3)11-18/h12-13H,4-11,16H2,1-3H3. The van der Waals surface area contributed by atoms with Gasteiger partial charge in [-0.05, 0) is 44.2 Å². The van der Waals surface area contributed by atoms with Crippen molar-refractivity contribution in [1.29, 1.82) is 0 Å². The van der Waals surface area contributed by atoms with E-state index in [2.05, 4.69) is 30.6 Å². The Hall–Kier alpha value is -0.610. The van der Waals surface area contributed by atoms with Gasteiger partial charge in [0.25, 0.3) is 0 Å². The van der Waals surface area contributed by atoms with Crippen LogP contribution in [0.1, 0.15) is 46.5 Å². The lowest BCUT2D eigenvalue weighted by Crippen LogP contribution is -2.57. The minimum Gasteiger partial charge on any atom is -0.341 e. The summed E-state index contributed by atoms with van der Waals surface area (Å²) in [6, 6.07) is 0.344. The van der Waals surface area contributed by atoms with Crippen molar-refractivity contribution in [3.8, 4) is 0 Å². The van der Waals surface area contributed by atoms with Gasteiger partial charge in [-0.1, -0.05) is 20.8 Å².